The summed E-state index contributed by atoms with van der Waals surface area (Å²) >= 11 is 0. The smallest absolute Gasteiger partial charge is 0.0986 e. The van der Waals surface area contributed by atoms with E-state index < -0.39 is 13.2 Å². The lowest BCUT2D eigenvalue weighted by molar-refractivity contribution is 0.131. The molecule has 1 aliphatic carbocycles. The van der Waals surface area contributed by atoms with Gasteiger partial charge in [0.2, 0.25) is 0 Å². The second kappa shape index (κ2) is 8.14. The summed E-state index contributed by atoms with van der Waals surface area (Å²) in [5.41, 5.74) is 2.21. The van der Waals surface area contributed by atoms with E-state index in [0.29, 0.717) is 24.4 Å². The third-order valence-corrected chi connectivity index (χ3v) is 8.01. The molecule has 1 atom stereocenters. The zero-order valence-electron chi connectivity index (χ0n) is 14.2. The summed E-state index contributed by atoms with van der Waals surface area (Å²) in [6.07, 6.45) is 5.73. The maximum Gasteiger partial charge on any atom is 0.0986 e. The number of hydrogen-bond donors (Lipinski definition) is 1. The molecule has 128 valence electrons. The van der Waals surface area contributed by atoms with Gasteiger partial charge in [-0.05, 0) is 29.9 Å². The molecule has 1 saturated carbocycles. The van der Waals surface area contributed by atoms with E-state index in [2.05, 4.69) is 0 Å². The molecule has 0 aromatic heterocycles. The van der Waals surface area contributed by atoms with E-state index >= 15 is 0 Å². The van der Waals surface area contributed by atoms with Crippen LogP contribution < -0.4 is 0 Å². The molecule has 0 bridgehead atoms. The van der Waals surface area contributed by atoms with Crippen LogP contribution in [0.15, 0.2) is 60.7 Å². The van der Waals surface area contributed by atoms with Crippen LogP contribution in [0.2, 0.25) is 0 Å². The number of aliphatic hydroxyl groups excluding tert-OH is 1. The molecule has 3 rings (SSSR count). The molecule has 1 fully saturated rings. The van der Waals surface area contributed by atoms with Crippen molar-refractivity contribution in [2.45, 2.75) is 44.1 Å². The Morgan fingerprint density at radius 1 is 0.875 bits per heavy atom. The number of rotatable bonds is 7. The zero-order valence-corrected chi connectivity index (χ0v) is 15.1. The Morgan fingerprint density at radius 3 is 1.79 bits per heavy atom. The highest BCUT2D eigenvalue weighted by atomic mass is 31.2. The Morgan fingerprint density at radius 2 is 1.33 bits per heavy atom. The Bertz CT molecular complexity index is 617. The SMILES string of the molecule is O=P(Cc1ccccc1)(Cc1ccccc1)C[C@@H](O)C1CCCC1. The quantitative estimate of drug-likeness (QED) is 0.693. The third-order valence-electron chi connectivity index (χ3n) is 5.09. The first-order valence-corrected chi connectivity index (χ1v) is 11.2. The first kappa shape index (κ1) is 17.5. The summed E-state index contributed by atoms with van der Waals surface area (Å²) in [6, 6.07) is 20.1. The fourth-order valence-electron chi connectivity index (χ4n) is 3.85. The van der Waals surface area contributed by atoms with E-state index in [1.165, 1.54) is 12.8 Å². The fourth-order valence-corrected chi connectivity index (χ4v) is 6.95. The first-order valence-electron chi connectivity index (χ1n) is 8.98. The lowest BCUT2D eigenvalue weighted by Gasteiger charge is -2.25. The lowest BCUT2D eigenvalue weighted by atomic mass is 10.0. The van der Waals surface area contributed by atoms with Gasteiger partial charge in [-0.15, -0.1) is 0 Å². The van der Waals surface area contributed by atoms with E-state index in [0.717, 1.165) is 24.0 Å². The topological polar surface area (TPSA) is 37.3 Å². The number of benzene rings is 2. The summed E-state index contributed by atoms with van der Waals surface area (Å²) < 4.78 is 13.8. The molecule has 0 saturated heterocycles. The minimum Gasteiger partial charge on any atom is -0.392 e. The Kier molecular flexibility index (Phi) is 5.92. The molecule has 3 heteroatoms. The van der Waals surface area contributed by atoms with E-state index in [4.69, 9.17) is 0 Å². The minimum absolute atomic E-state index is 0.338. The van der Waals surface area contributed by atoms with E-state index in [1.54, 1.807) is 0 Å². The van der Waals surface area contributed by atoms with Gasteiger partial charge >= 0.3 is 0 Å². The highest BCUT2D eigenvalue weighted by Gasteiger charge is 2.31. The molecule has 0 unspecified atom stereocenters. The summed E-state index contributed by atoms with van der Waals surface area (Å²) in [7, 11) is -2.52. The second-order valence-electron chi connectivity index (χ2n) is 7.14. The van der Waals surface area contributed by atoms with Crippen LogP contribution in [0.1, 0.15) is 36.8 Å². The maximum atomic E-state index is 13.8. The van der Waals surface area contributed by atoms with Gasteiger partial charge in [-0.2, -0.15) is 0 Å². The average molecular weight is 342 g/mol. The van der Waals surface area contributed by atoms with Crippen LogP contribution in [0.25, 0.3) is 0 Å². The summed E-state index contributed by atoms with van der Waals surface area (Å²) in [6.45, 7) is 0. The molecule has 2 nitrogen and oxygen atoms in total. The standard InChI is InChI=1S/C21H27O2P/c22-21(20-13-7-8-14-20)17-24(23,15-18-9-3-1-4-10-18)16-19-11-5-2-6-12-19/h1-6,9-12,20-22H,7-8,13-17H2/t21-/m1/s1. The summed E-state index contributed by atoms with van der Waals surface area (Å²) in [5, 5.41) is 10.7. The van der Waals surface area contributed by atoms with Crippen molar-refractivity contribution in [2.75, 3.05) is 6.16 Å². The van der Waals surface area contributed by atoms with Crippen LogP contribution in [-0.2, 0) is 16.9 Å². The highest BCUT2D eigenvalue weighted by Crippen LogP contribution is 2.53. The Hall–Kier alpha value is -1.37. The molecule has 0 amide bonds. The van der Waals surface area contributed by atoms with Crippen LogP contribution >= 0.6 is 7.14 Å². The van der Waals surface area contributed by atoms with Crippen molar-refractivity contribution in [3.8, 4) is 0 Å². The van der Waals surface area contributed by atoms with Gasteiger partial charge in [0.15, 0.2) is 0 Å². The third kappa shape index (κ3) is 4.82. The van der Waals surface area contributed by atoms with Gasteiger partial charge < -0.3 is 9.67 Å². The van der Waals surface area contributed by atoms with Crippen LogP contribution in [0, 0.1) is 5.92 Å². The van der Waals surface area contributed by atoms with Crippen molar-refractivity contribution in [1.29, 1.82) is 0 Å². The second-order valence-corrected chi connectivity index (χ2v) is 10.3. The molecule has 2 aromatic rings. The first-order chi connectivity index (χ1) is 11.6. The van der Waals surface area contributed by atoms with Crippen molar-refractivity contribution in [3.05, 3.63) is 71.8 Å². The largest absolute Gasteiger partial charge is 0.392 e. The van der Waals surface area contributed by atoms with Gasteiger partial charge in [-0.25, -0.2) is 0 Å². The predicted octanol–water partition coefficient (Wildman–Crippen LogP) is 5.30. The van der Waals surface area contributed by atoms with Gasteiger partial charge in [0, 0.05) is 18.5 Å². The lowest BCUT2D eigenvalue weighted by Crippen LogP contribution is -2.23. The Labute approximate surface area is 145 Å². The van der Waals surface area contributed by atoms with E-state index in [-0.39, 0.29) is 0 Å². The van der Waals surface area contributed by atoms with Gasteiger partial charge in [-0.3, -0.25) is 0 Å². The van der Waals surface area contributed by atoms with Crippen LogP contribution in [0.5, 0.6) is 0 Å². The molecule has 0 aliphatic heterocycles. The normalized spacial score (nSPS) is 17.0. The van der Waals surface area contributed by atoms with Crippen molar-refractivity contribution in [1.82, 2.24) is 0 Å². The van der Waals surface area contributed by atoms with Gasteiger partial charge in [0.1, 0.15) is 0 Å². The zero-order chi connectivity index (χ0) is 16.8. The molecule has 2 aromatic carbocycles. The molecular weight excluding hydrogens is 315 g/mol. The monoisotopic (exact) mass is 342 g/mol. The molecular formula is C21H27O2P. The van der Waals surface area contributed by atoms with Crippen molar-refractivity contribution in [3.63, 3.8) is 0 Å². The van der Waals surface area contributed by atoms with Crippen molar-refractivity contribution in [2.24, 2.45) is 5.92 Å². The minimum atomic E-state index is -2.52. The number of aliphatic hydroxyl groups is 1. The highest BCUT2D eigenvalue weighted by molar-refractivity contribution is 7.62. The van der Waals surface area contributed by atoms with E-state index in [1.807, 2.05) is 60.7 Å². The molecule has 0 heterocycles. The molecule has 1 aliphatic rings. The molecule has 24 heavy (non-hydrogen) atoms. The fraction of sp³-hybridized carbons (Fsp3) is 0.429. The van der Waals surface area contributed by atoms with Gasteiger partial charge in [0.25, 0.3) is 0 Å². The van der Waals surface area contributed by atoms with E-state index in [9.17, 15) is 9.67 Å². The molecule has 0 radical (unpaired) electrons. The van der Waals surface area contributed by atoms with Gasteiger partial charge in [0.05, 0.1) is 13.2 Å². The number of hydrogen-bond acceptors (Lipinski definition) is 2. The van der Waals surface area contributed by atoms with Crippen molar-refractivity contribution < 1.29 is 9.67 Å². The summed E-state index contributed by atoms with van der Waals surface area (Å²) in [5.74, 6) is 0.338. The predicted molar refractivity (Wildman–Crippen MR) is 101 cm³/mol. The molecule has 0 spiro atoms. The van der Waals surface area contributed by atoms with Crippen LogP contribution in [0.3, 0.4) is 0 Å². The summed E-state index contributed by atoms with van der Waals surface area (Å²) in [4.78, 5) is 0. The van der Waals surface area contributed by atoms with Crippen LogP contribution in [0.4, 0.5) is 0 Å². The van der Waals surface area contributed by atoms with Crippen molar-refractivity contribution >= 4 is 7.14 Å². The average Bonchev–Trinajstić information content (AvgIpc) is 3.11. The maximum absolute atomic E-state index is 13.8. The molecule has 1 N–H and O–H groups in total. The Balaban J connectivity index is 1.78. The van der Waals surface area contributed by atoms with Gasteiger partial charge in [-0.1, -0.05) is 73.5 Å². The van der Waals surface area contributed by atoms with Crippen LogP contribution in [-0.4, -0.2) is 17.4 Å².